The maximum Gasteiger partial charge on any atom is 0.0613 e. The number of anilines is 2. The first-order chi connectivity index (χ1) is 35.5. The molecule has 5 atom stereocenters. The first-order valence-electron chi connectivity index (χ1n) is 27.2. The number of nitrogens with zero attached hydrogens (tertiary/aromatic N) is 10. The fourth-order valence-corrected chi connectivity index (χ4v) is 13.4. The fraction of sp³-hybridized carbons (Fsp3) is 0.467. The topological polar surface area (TPSA) is 95.1 Å². The van der Waals surface area contributed by atoms with Gasteiger partial charge < -0.3 is 20.4 Å². The van der Waals surface area contributed by atoms with Gasteiger partial charge in [0.15, 0.2) is 0 Å². The third kappa shape index (κ3) is 10.2. The number of rotatable bonds is 13. The monoisotopic (exact) mass is 963 g/mol. The Bertz CT molecular complexity index is 2770. The highest BCUT2D eigenvalue weighted by Gasteiger charge is 2.36. The van der Waals surface area contributed by atoms with E-state index in [1.54, 1.807) is 5.56 Å². The maximum absolute atomic E-state index is 5.25. The van der Waals surface area contributed by atoms with Crippen LogP contribution >= 0.6 is 0 Å². The van der Waals surface area contributed by atoms with E-state index in [4.69, 9.17) is 9.97 Å². The average Bonchev–Trinajstić information content (AvgIpc) is 3.43. The molecule has 2 aromatic carbocycles. The molecular formula is C60H74N12. The Balaban J connectivity index is 0.755. The molecule has 12 rings (SSSR count). The summed E-state index contributed by atoms with van der Waals surface area (Å²) in [5.41, 5.74) is 18.0. The molecule has 12 heteroatoms. The van der Waals surface area contributed by atoms with E-state index >= 15 is 0 Å². The molecule has 12 nitrogen and oxygen atoms in total. The van der Waals surface area contributed by atoms with E-state index < -0.39 is 0 Å². The summed E-state index contributed by atoms with van der Waals surface area (Å²) in [6.45, 7) is 13.9. The molecule has 374 valence electrons. The van der Waals surface area contributed by atoms with E-state index in [1.807, 2.05) is 36.9 Å². The number of fused-ring (bicyclic) bond motifs is 4. The Morgan fingerprint density at radius 3 is 1.78 bits per heavy atom. The molecule has 0 amide bonds. The molecule has 4 aromatic heterocycles. The standard InChI is InChI=1S/C60H74N12/c1-67(56-18-7-11-43-13-9-23-63-59(43)56)39-50-36-54-46(38-66-50)33-45(34-58(54)72-31-27-70(28-32-72)42-48-15-4-6-22-62-48)51-19-20-57(60-52(51)16-10-24-64-60)68(2)40-49-35-53-44(37-65-49)12-8-17-55(53)71-29-25-69(26-30-71)41-47-14-3-5-21-61-47/h3-6,8-10,12-17,21-24,33-34,49-51,56-57,65-66H,7,11,18-20,25-32,35-42H2,1-2H3/t49-,50+,51?,56-,57-/m0/s1. The fourth-order valence-electron chi connectivity index (χ4n) is 13.4. The lowest BCUT2D eigenvalue weighted by molar-refractivity contribution is 0.187. The third-order valence-corrected chi connectivity index (χ3v) is 17.2. The molecule has 6 aliphatic rings. The van der Waals surface area contributed by atoms with Gasteiger partial charge in [0.2, 0.25) is 0 Å². The molecule has 2 saturated heterocycles. The molecule has 1 unspecified atom stereocenters. The second-order valence-electron chi connectivity index (χ2n) is 21.8. The van der Waals surface area contributed by atoms with Gasteiger partial charge in [0, 0.05) is 146 Å². The number of aryl methyl sites for hydroxylation is 1. The van der Waals surface area contributed by atoms with Crippen molar-refractivity contribution in [1.82, 2.24) is 50.2 Å². The third-order valence-electron chi connectivity index (χ3n) is 17.2. The Morgan fingerprint density at radius 2 is 1.11 bits per heavy atom. The summed E-state index contributed by atoms with van der Waals surface area (Å²) in [6.07, 6.45) is 15.7. The van der Waals surface area contributed by atoms with Crippen LogP contribution in [0.2, 0.25) is 0 Å². The smallest absolute Gasteiger partial charge is 0.0613 e. The zero-order valence-electron chi connectivity index (χ0n) is 42.7. The second kappa shape index (κ2) is 21.5. The summed E-state index contributed by atoms with van der Waals surface area (Å²) in [4.78, 5) is 35.1. The van der Waals surface area contributed by atoms with Crippen LogP contribution < -0.4 is 20.4 Å². The van der Waals surface area contributed by atoms with E-state index in [0.717, 1.165) is 135 Å². The number of benzene rings is 2. The summed E-state index contributed by atoms with van der Waals surface area (Å²) in [6, 6.07) is 35.1. The van der Waals surface area contributed by atoms with Crippen molar-refractivity contribution in [3.05, 3.63) is 178 Å². The predicted molar refractivity (Wildman–Crippen MR) is 288 cm³/mol. The summed E-state index contributed by atoms with van der Waals surface area (Å²) in [7, 11) is 4.67. The van der Waals surface area contributed by atoms with Crippen LogP contribution in [0.1, 0.15) is 105 Å². The largest absolute Gasteiger partial charge is 0.369 e. The summed E-state index contributed by atoms with van der Waals surface area (Å²) in [5, 5.41) is 8.02. The first kappa shape index (κ1) is 47.4. The van der Waals surface area contributed by atoms with Gasteiger partial charge in [0.1, 0.15) is 0 Å². The summed E-state index contributed by atoms with van der Waals surface area (Å²) < 4.78 is 0. The SMILES string of the molecule is CN(C[C@H]1Cc2c(cc(C3CC[C@H](N(C)C[C@@H]4Cc5c(cccc5N5CCN(Cc6ccccn6)CC5)CN4)c4ncccc43)cc2N2CCN(Cc3ccccn3)CC2)CN1)[C@H]1CCCc2cccnc21. The van der Waals surface area contributed by atoms with E-state index in [1.165, 1.54) is 69.0 Å². The van der Waals surface area contributed by atoms with Gasteiger partial charge in [0.05, 0.1) is 34.9 Å². The van der Waals surface area contributed by atoms with Crippen LogP contribution in [0.3, 0.4) is 0 Å². The lowest BCUT2D eigenvalue weighted by atomic mass is 9.77. The number of nitrogens with one attached hydrogen (secondary N) is 2. The Morgan fingerprint density at radius 1 is 0.528 bits per heavy atom. The average molecular weight is 963 g/mol. The van der Waals surface area contributed by atoms with E-state index in [0.29, 0.717) is 24.0 Å². The first-order valence-corrected chi connectivity index (χ1v) is 27.2. The normalized spacial score (nSPS) is 23.6. The molecule has 0 radical (unpaired) electrons. The zero-order chi connectivity index (χ0) is 48.4. The van der Waals surface area contributed by atoms with Crippen molar-refractivity contribution >= 4 is 11.4 Å². The number of aromatic nitrogens is 4. The van der Waals surface area contributed by atoms with Gasteiger partial charge in [-0.1, -0.05) is 42.5 Å². The number of piperazine rings is 2. The van der Waals surface area contributed by atoms with Crippen molar-refractivity contribution in [2.45, 2.75) is 101 Å². The minimum absolute atomic E-state index is 0.276. The number of likely N-dealkylation sites (N-methyl/N-ethyl adjacent to an activating group) is 2. The van der Waals surface area contributed by atoms with E-state index in [9.17, 15) is 0 Å². The highest BCUT2D eigenvalue weighted by molar-refractivity contribution is 5.62. The van der Waals surface area contributed by atoms with Crippen molar-refractivity contribution in [2.24, 2.45) is 0 Å². The Kier molecular flexibility index (Phi) is 14.1. The van der Waals surface area contributed by atoms with Crippen LogP contribution in [0.15, 0.2) is 116 Å². The van der Waals surface area contributed by atoms with Gasteiger partial charge in [-0.3, -0.25) is 39.5 Å². The van der Waals surface area contributed by atoms with Crippen LogP contribution in [-0.4, -0.2) is 131 Å². The van der Waals surface area contributed by atoms with Crippen molar-refractivity contribution in [2.75, 3.05) is 89.3 Å². The van der Waals surface area contributed by atoms with Crippen molar-refractivity contribution < 1.29 is 0 Å². The molecule has 0 spiro atoms. The highest BCUT2D eigenvalue weighted by atomic mass is 15.3. The molecule has 6 aromatic rings. The Labute approximate surface area is 427 Å². The lowest BCUT2D eigenvalue weighted by Crippen LogP contribution is -2.48. The minimum Gasteiger partial charge on any atom is -0.369 e. The van der Waals surface area contributed by atoms with Gasteiger partial charge in [-0.2, -0.15) is 0 Å². The highest BCUT2D eigenvalue weighted by Crippen LogP contribution is 2.45. The molecule has 8 heterocycles. The quantitative estimate of drug-likeness (QED) is 0.120. The number of hydrogen-bond acceptors (Lipinski definition) is 12. The lowest BCUT2D eigenvalue weighted by Gasteiger charge is -2.41. The van der Waals surface area contributed by atoms with Gasteiger partial charge in [-0.05, 0) is 147 Å². The minimum atomic E-state index is 0.276. The van der Waals surface area contributed by atoms with Crippen LogP contribution in [0.5, 0.6) is 0 Å². The molecular weight excluding hydrogens is 889 g/mol. The van der Waals surface area contributed by atoms with Gasteiger partial charge in [-0.15, -0.1) is 0 Å². The van der Waals surface area contributed by atoms with Gasteiger partial charge in [0.25, 0.3) is 0 Å². The number of pyridine rings is 4. The van der Waals surface area contributed by atoms with Gasteiger partial charge >= 0.3 is 0 Å². The zero-order valence-corrected chi connectivity index (χ0v) is 42.7. The summed E-state index contributed by atoms with van der Waals surface area (Å²) >= 11 is 0. The van der Waals surface area contributed by atoms with Crippen molar-refractivity contribution in [1.29, 1.82) is 0 Å². The van der Waals surface area contributed by atoms with Crippen molar-refractivity contribution in [3.63, 3.8) is 0 Å². The molecule has 0 saturated carbocycles. The van der Waals surface area contributed by atoms with Crippen LogP contribution in [0, 0.1) is 0 Å². The molecule has 0 bridgehead atoms. The molecule has 2 N–H and O–H groups in total. The maximum atomic E-state index is 5.25. The second-order valence-corrected chi connectivity index (χ2v) is 21.8. The molecule has 72 heavy (non-hydrogen) atoms. The van der Waals surface area contributed by atoms with Crippen molar-refractivity contribution in [3.8, 4) is 0 Å². The van der Waals surface area contributed by atoms with Crippen LogP contribution in [-0.2, 0) is 45.4 Å². The summed E-state index contributed by atoms with van der Waals surface area (Å²) in [5.74, 6) is 0.308. The predicted octanol–water partition coefficient (Wildman–Crippen LogP) is 7.55. The molecule has 2 aliphatic carbocycles. The van der Waals surface area contributed by atoms with E-state index in [2.05, 4.69) is 143 Å². The van der Waals surface area contributed by atoms with Gasteiger partial charge in [-0.25, -0.2) is 0 Å². The van der Waals surface area contributed by atoms with Crippen LogP contribution in [0.25, 0.3) is 0 Å². The molecule has 2 fully saturated rings. The van der Waals surface area contributed by atoms with E-state index in [-0.39, 0.29) is 6.04 Å². The van der Waals surface area contributed by atoms with Crippen LogP contribution in [0.4, 0.5) is 11.4 Å². The number of hydrogen-bond donors (Lipinski definition) is 2. The molecule has 4 aliphatic heterocycles. The Hall–Kier alpha value is -5.60.